The molecule has 0 radical (unpaired) electrons. The first-order valence-corrected chi connectivity index (χ1v) is 12.2. The van der Waals surface area contributed by atoms with E-state index in [1.807, 2.05) is 12.1 Å². The van der Waals surface area contributed by atoms with Crippen LogP contribution in [0, 0.1) is 0 Å². The van der Waals surface area contributed by atoms with E-state index < -0.39 is 12.3 Å². The minimum Gasteiger partial charge on any atom is -0.465 e. The van der Waals surface area contributed by atoms with Crippen LogP contribution in [0.2, 0.25) is 0 Å². The van der Waals surface area contributed by atoms with Crippen molar-refractivity contribution >= 4 is 11.7 Å². The van der Waals surface area contributed by atoms with E-state index in [4.69, 9.17) is 4.74 Å². The summed E-state index contributed by atoms with van der Waals surface area (Å²) in [5.74, 6) is -0.0302. The number of alkyl halides is 3. The van der Waals surface area contributed by atoms with Crippen molar-refractivity contribution in [2.45, 2.75) is 57.5 Å². The summed E-state index contributed by atoms with van der Waals surface area (Å²) >= 11 is 0. The van der Waals surface area contributed by atoms with Crippen LogP contribution in [0.25, 0.3) is 0 Å². The zero-order valence-corrected chi connectivity index (χ0v) is 20.3. The lowest BCUT2D eigenvalue weighted by Crippen LogP contribution is -2.22. The number of carbonyl (C=O) groups is 1. The number of carbonyl (C=O) groups excluding carboxylic acids is 1. The molecule has 3 aromatic rings. The Bertz CT molecular complexity index is 1120. The number of rotatable bonds is 8. The third-order valence-corrected chi connectivity index (χ3v) is 6.61. The van der Waals surface area contributed by atoms with Gasteiger partial charge in [-0.3, -0.25) is 0 Å². The molecule has 0 atom stereocenters. The Balaban J connectivity index is 1.53. The van der Waals surface area contributed by atoms with E-state index in [9.17, 15) is 18.0 Å². The van der Waals surface area contributed by atoms with Crippen molar-refractivity contribution in [1.29, 1.82) is 0 Å². The molecule has 7 heteroatoms. The molecule has 0 N–H and O–H groups in total. The number of benzene rings is 3. The predicted molar refractivity (Wildman–Crippen MR) is 133 cm³/mol. The molecule has 0 amide bonds. The zero-order valence-electron chi connectivity index (χ0n) is 20.3. The Morgan fingerprint density at radius 2 is 1.39 bits per heavy atom. The standard InChI is InChI=1S/C29H30F3NO3/c1-35-28(34)25-13-15-26(16-14-25)33(20-22-9-17-27(18-10-22)36-29(30,31)32)19-21-7-11-24(12-8-21)23-5-3-2-4-6-23/h7-18,23H,2-6,19-20H2,1H3. The van der Waals surface area contributed by atoms with Gasteiger partial charge in [0, 0.05) is 18.8 Å². The monoisotopic (exact) mass is 497 g/mol. The highest BCUT2D eigenvalue weighted by Gasteiger charge is 2.31. The van der Waals surface area contributed by atoms with Crippen LogP contribution in [0.4, 0.5) is 18.9 Å². The van der Waals surface area contributed by atoms with Crippen molar-refractivity contribution in [1.82, 2.24) is 0 Å². The lowest BCUT2D eigenvalue weighted by Gasteiger charge is -2.26. The fourth-order valence-corrected chi connectivity index (χ4v) is 4.73. The molecule has 4 rings (SSSR count). The maximum absolute atomic E-state index is 12.5. The van der Waals surface area contributed by atoms with Crippen LogP contribution >= 0.6 is 0 Å². The van der Waals surface area contributed by atoms with Gasteiger partial charge in [0.1, 0.15) is 5.75 Å². The third kappa shape index (κ3) is 7.03. The summed E-state index contributed by atoms with van der Waals surface area (Å²) in [4.78, 5) is 14.0. The van der Waals surface area contributed by atoms with Gasteiger partial charge in [-0.2, -0.15) is 0 Å². The number of anilines is 1. The third-order valence-electron chi connectivity index (χ3n) is 6.61. The van der Waals surface area contributed by atoms with Crippen molar-refractivity contribution in [3.63, 3.8) is 0 Å². The average molecular weight is 498 g/mol. The van der Waals surface area contributed by atoms with Crippen LogP contribution < -0.4 is 9.64 Å². The first kappa shape index (κ1) is 25.6. The highest BCUT2D eigenvalue weighted by molar-refractivity contribution is 5.89. The maximum Gasteiger partial charge on any atom is 0.573 e. The van der Waals surface area contributed by atoms with Gasteiger partial charge in [-0.1, -0.05) is 55.7 Å². The van der Waals surface area contributed by atoms with E-state index in [1.165, 1.54) is 56.9 Å². The number of hydrogen-bond acceptors (Lipinski definition) is 4. The lowest BCUT2D eigenvalue weighted by atomic mass is 9.84. The molecule has 1 saturated carbocycles. The highest BCUT2D eigenvalue weighted by Crippen LogP contribution is 2.33. The number of methoxy groups -OCH3 is 1. The van der Waals surface area contributed by atoms with Crippen molar-refractivity contribution in [2.24, 2.45) is 0 Å². The van der Waals surface area contributed by atoms with Gasteiger partial charge in [0.2, 0.25) is 0 Å². The van der Waals surface area contributed by atoms with Crippen LogP contribution in [0.5, 0.6) is 5.75 Å². The van der Waals surface area contributed by atoms with Gasteiger partial charge in [0.05, 0.1) is 12.7 Å². The van der Waals surface area contributed by atoms with Crippen molar-refractivity contribution in [3.8, 4) is 5.75 Å². The Kier molecular flexibility index (Phi) is 8.18. The first-order chi connectivity index (χ1) is 17.3. The fourth-order valence-electron chi connectivity index (χ4n) is 4.73. The molecular weight excluding hydrogens is 467 g/mol. The molecule has 36 heavy (non-hydrogen) atoms. The number of esters is 1. The summed E-state index contributed by atoms with van der Waals surface area (Å²) < 4.78 is 46.3. The Morgan fingerprint density at radius 3 is 1.92 bits per heavy atom. The molecule has 0 bridgehead atoms. The number of hydrogen-bond donors (Lipinski definition) is 0. The molecular formula is C29H30F3NO3. The SMILES string of the molecule is COC(=O)c1ccc(N(Cc2ccc(OC(F)(F)F)cc2)Cc2ccc(C3CCCCC3)cc2)cc1. The van der Waals surface area contributed by atoms with E-state index in [2.05, 4.69) is 33.9 Å². The lowest BCUT2D eigenvalue weighted by molar-refractivity contribution is -0.274. The number of halogens is 3. The van der Waals surface area contributed by atoms with E-state index in [0.717, 1.165) is 16.8 Å². The largest absolute Gasteiger partial charge is 0.573 e. The summed E-state index contributed by atoms with van der Waals surface area (Å²) in [5.41, 5.74) is 4.68. The average Bonchev–Trinajstić information content (AvgIpc) is 2.89. The molecule has 0 saturated heterocycles. The second-order valence-corrected chi connectivity index (χ2v) is 9.16. The quantitative estimate of drug-likeness (QED) is 0.300. The molecule has 1 aliphatic rings. The number of ether oxygens (including phenoxy) is 2. The Hall–Kier alpha value is -3.48. The molecule has 0 unspecified atom stereocenters. The summed E-state index contributed by atoms with van der Waals surface area (Å²) in [7, 11) is 1.34. The summed E-state index contributed by atoms with van der Waals surface area (Å²) in [6, 6.07) is 21.8. The molecule has 3 aromatic carbocycles. The van der Waals surface area contributed by atoms with Crippen LogP contribution in [0.15, 0.2) is 72.8 Å². The molecule has 0 aromatic heterocycles. The van der Waals surface area contributed by atoms with Crippen molar-refractivity contribution < 1.29 is 27.4 Å². The molecule has 0 aliphatic heterocycles. The molecule has 1 aliphatic carbocycles. The van der Waals surface area contributed by atoms with Crippen LogP contribution in [0.3, 0.4) is 0 Å². The second-order valence-electron chi connectivity index (χ2n) is 9.16. The minimum atomic E-state index is -4.72. The summed E-state index contributed by atoms with van der Waals surface area (Å²) in [5, 5.41) is 0. The first-order valence-electron chi connectivity index (χ1n) is 12.2. The van der Waals surface area contributed by atoms with Gasteiger partial charge >= 0.3 is 12.3 Å². The molecule has 1 fully saturated rings. The van der Waals surface area contributed by atoms with E-state index in [1.54, 1.807) is 24.3 Å². The Morgan fingerprint density at radius 1 is 0.833 bits per heavy atom. The summed E-state index contributed by atoms with van der Waals surface area (Å²) in [6.07, 6.45) is 1.65. The van der Waals surface area contributed by atoms with Gasteiger partial charge in [0.25, 0.3) is 0 Å². The smallest absolute Gasteiger partial charge is 0.465 e. The van der Waals surface area contributed by atoms with Gasteiger partial charge in [-0.05, 0) is 71.8 Å². The predicted octanol–water partition coefficient (Wildman–Crippen LogP) is 7.63. The minimum absolute atomic E-state index is 0.251. The summed E-state index contributed by atoms with van der Waals surface area (Å²) in [6.45, 7) is 1.07. The van der Waals surface area contributed by atoms with E-state index in [-0.39, 0.29) is 5.75 Å². The maximum atomic E-state index is 12.5. The molecule has 0 spiro atoms. The van der Waals surface area contributed by atoms with E-state index >= 15 is 0 Å². The fraction of sp³-hybridized carbons (Fsp3) is 0.345. The van der Waals surface area contributed by atoms with Gasteiger partial charge in [0.15, 0.2) is 0 Å². The Labute approximate surface area is 209 Å². The van der Waals surface area contributed by atoms with Crippen molar-refractivity contribution in [2.75, 3.05) is 12.0 Å². The van der Waals surface area contributed by atoms with E-state index in [0.29, 0.717) is 24.6 Å². The zero-order chi connectivity index (χ0) is 25.5. The number of nitrogens with zero attached hydrogens (tertiary/aromatic N) is 1. The molecule has 190 valence electrons. The molecule has 0 heterocycles. The van der Waals surface area contributed by atoms with Crippen molar-refractivity contribution in [3.05, 3.63) is 95.1 Å². The highest BCUT2D eigenvalue weighted by atomic mass is 19.4. The van der Waals surface area contributed by atoms with Gasteiger partial charge in [-0.25, -0.2) is 4.79 Å². The van der Waals surface area contributed by atoms with Gasteiger partial charge in [-0.15, -0.1) is 13.2 Å². The second kappa shape index (κ2) is 11.5. The van der Waals surface area contributed by atoms with Crippen LogP contribution in [-0.2, 0) is 17.8 Å². The van der Waals surface area contributed by atoms with Gasteiger partial charge < -0.3 is 14.4 Å². The van der Waals surface area contributed by atoms with Crippen LogP contribution in [0.1, 0.15) is 65.1 Å². The van der Waals surface area contributed by atoms with Crippen LogP contribution in [-0.4, -0.2) is 19.4 Å². The topological polar surface area (TPSA) is 38.8 Å². The normalized spacial score (nSPS) is 14.3. The molecule has 4 nitrogen and oxygen atoms in total.